The Morgan fingerprint density at radius 1 is 1.45 bits per heavy atom. The van der Waals surface area contributed by atoms with Crippen molar-refractivity contribution in [2.75, 3.05) is 11.9 Å². The molecule has 1 aromatic carbocycles. The summed E-state index contributed by atoms with van der Waals surface area (Å²) in [4.78, 5) is 12.2. The molecule has 0 bridgehead atoms. The predicted octanol–water partition coefficient (Wildman–Crippen LogP) is 3.02. The van der Waals surface area contributed by atoms with Crippen LogP contribution < -0.4 is 10.6 Å². The Labute approximate surface area is 124 Å². The van der Waals surface area contributed by atoms with Crippen molar-refractivity contribution in [2.24, 2.45) is 5.41 Å². The third-order valence-corrected chi connectivity index (χ3v) is 4.47. The largest absolute Gasteiger partial charge is 0.323 e. The molecule has 2 N–H and O–H groups in total. The first-order valence-electron chi connectivity index (χ1n) is 6.99. The van der Waals surface area contributed by atoms with E-state index in [2.05, 4.69) is 10.6 Å². The molecule has 2 aliphatic rings. The lowest BCUT2D eigenvalue weighted by molar-refractivity contribution is -0.121. The summed E-state index contributed by atoms with van der Waals surface area (Å²) in [5, 5.41) is 6.00. The Hall–Kier alpha value is -1.13. The molecular formula is C15H20ClFN2O. The number of hydrogen-bond donors (Lipinski definition) is 2. The van der Waals surface area contributed by atoms with Gasteiger partial charge in [-0.1, -0.05) is 13.0 Å². The molecule has 3 rings (SSSR count). The molecule has 0 atom stereocenters. The third kappa shape index (κ3) is 2.54. The first-order valence-corrected chi connectivity index (χ1v) is 6.99. The number of hydrogen-bond acceptors (Lipinski definition) is 2. The average molecular weight is 299 g/mol. The van der Waals surface area contributed by atoms with Crippen molar-refractivity contribution in [3.8, 4) is 0 Å². The van der Waals surface area contributed by atoms with Crippen LogP contribution in [0.4, 0.5) is 10.1 Å². The fourth-order valence-corrected chi connectivity index (χ4v) is 2.78. The second kappa shape index (κ2) is 5.70. The minimum atomic E-state index is -0.251. The van der Waals surface area contributed by atoms with Gasteiger partial charge in [-0.3, -0.25) is 4.79 Å². The van der Waals surface area contributed by atoms with Crippen molar-refractivity contribution in [3.05, 3.63) is 29.1 Å². The van der Waals surface area contributed by atoms with Gasteiger partial charge in [0.15, 0.2) is 0 Å². The van der Waals surface area contributed by atoms with E-state index in [0.717, 1.165) is 36.9 Å². The first kappa shape index (κ1) is 15.3. The smallest absolute Gasteiger partial charge is 0.230 e. The van der Waals surface area contributed by atoms with Crippen LogP contribution in [0, 0.1) is 11.2 Å². The van der Waals surface area contributed by atoms with Gasteiger partial charge in [0, 0.05) is 12.0 Å². The summed E-state index contributed by atoms with van der Waals surface area (Å²) >= 11 is 0. The van der Waals surface area contributed by atoms with E-state index in [-0.39, 0.29) is 29.5 Å². The lowest BCUT2D eigenvalue weighted by atomic mass is 9.98. The zero-order chi connectivity index (χ0) is 13.5. The van der Waals surface area contributed by atoms with E-state index in [1.54, 1.807) is 6.07 Å². The molecule has 1 fully saturated rings. The van der Waals surface area contributed by atoms with Crippen LogP contribution in [0.5, 0.6) is 0 Å². The minimum absolute atomic E-state index is 0. The average Bonchev–Trinajstić information content (AvgIpc) is 3.23. The Balaban J connectivity index is 0.00000147. The molecule has 0 spiro atoms. The Kier molecular flexibility index (Phi) is 4.35. The van der Waals surface area contributed by atoms with Crippen LogP contribution in [-0.4, -0.2) is 12.5 Å². The SMILES string of the molecule is CCC1(C(=O)Nc2ccc3c(c2F)CCNC3)CC1.Cl. The zero-order valence-electron chi connectivity index (χ0n) is 11.6. The highest BCUT2D eigenvalue weighted by molar-refractivity contribution is 5.97. The van der Waals surface area contributed by atoms with Crippen molar-refractivity contribution in [1.29, 1.82) is 0 Å². The number of nitrogens with one attached hydrogen (secondary N) is 2. The highest BCUT2D eigenvalue weighted by Gasteiger charge is 2.48. The summed E-state index contributed by atoms with van der Waals surface area (Å²) in [6, 6.07) is 3.59. The maximum atomic E-state index is 14.4. The number of halogens is 2. The van der Waals surface area contributed by atoms with Crippen molar-refractivity contribution >= 4 is 24.0 Å². The van der Waals surface area contributed by atoms with Gasteiger partial charge in [-0.05, 0) is 49.4 Å². The summed E-state index contributed by atoms with van der Waals surface area (Å²) in [5.74, 6) is -0.276. The quantitative estimate of drug-likeness (QED) is 0.900. The standard InChI is InChI=1S/C15H19FN2O.ClH/c1-2-15(6-7-15)14(19)18-12-4-3-10-9-17-8-5-11(10)13(12)16;/h3-4,17H,2,5-9H2,1H3,(H,18,19);1H. The van der Waals surface area contributed by atoms with Crippen LogP contribution in [0.3, 0.4) is 0 Å². The van der Waals surface area contributed by atoms with E-state index in [1.165, 1.54) is 0 Å². The normalized spacial score (nSPS) is 18.7. The van der Waals surface area contributed by atoms with E-state index in [1.807, 2.05) is 13.0 Å². The van der Waals surface area contributed by atoms with Gasteiger partial charge in [0.1, 0.15) is 5.82 Å². The van der Waals surface area contributed by atoms with E-state index >= 15 is 0 Å². The van der Waals surface area contributed by atoms with E-state index in [9.17, 15) is 9.18 Å². The maximum absolute atomic E-state index is 14.4. The lowest BCUT2D eigenvalue weighted by Gasteiger charge is -2.20. The highest BCUT2D eigenvalue weighted by Crippen LogP contribution is 2.49. The molecule has 1 heterocycles. The Bertz CT molecular complexity index is 529. The van der Waals surface area contributed by atoms with Crippen LogP contribution in [0.25, 0.3) is 0 Å². The summed E-state index contributed by atoms with van der Waals surface area (Å²) in [5.41, 5.74) is 1.85. The van der Waals surface area contributed by atoms with Crippen LogP contribution in [0.1, 0.15) is 37.3 Å². The molecule has 1 aromatic rings. The van der Waals surface area contributed by atoms with Crippen LogP contribution in [0.15, 0.2) is 12.1 Å². The van der Waals surface area contributed by atoms with Gasteiger partial charge in [-0.25, -0.2) is 4.39 Å². The molecule has 1 aliphatic heterocycles. The predicted molar refractivity (Wildman–Crippen MR) is 79.6 cm³/mol. The van der Waals surface area contributed by atoms with Crippen LogP contribution in [-0.2, 0) is 17.8 Å². The molecule has 1 aliphatic carbocycles. The zero-order valence-corrected chi connectivity index (χ0v) is 12.4. The molecule has 1 saturated carbocycles. The van der Waals surface area contributed by atoms with Crippen LogP contribution in [0.2, 0.25) is 0 Å². The molecule has 20 heavy (non-hydrogen) atoms. The van der Waals surface area contributed by atoms with Crippen molar-refractivity contribution < 1.29 is 9.18 Å². The summed E-state index contributed by atoms with van der Waals surface area (Å²) in [6.07, 6.45) is 3.36. The van der Waals surface area contributed by atoms with E-state index in [0.29, 0.717) is 18.7 Å². The van der Waals surface area contributed by atoms with Gasteiger partial charge in [-0.15, -0.1) is 12.4 Å². The molecular weight excluding hydrogens is 279 g/mol. The lowest BCUT2D eigenvalue weighted by Crippen LogP contribution is -2.27. The highest BCUT2D eigenvalue weighted by atomic mass is 35.5. The molecule has 0 aromatic heterocycles. The minimum Gasteiger partial charge on any atom is -0.323 e. The Morgan fingerprint density at radius 2 is 2.20 bits per heavy atom. The van der Waals surface area contributed by atoms with E-state index in [4.69, 9.17) is 0 Å². The molecule has 0 saturated heterocycles. The first-order chi connectivity index (χ1) is 9.16. The second-order valence-electron chi connectivity index (χ2n) is 5.58. The molecule has 5 heteroatoms. The summed E-state index contributed by atoms with van der Waals surface area (Å²) < 4.78 is 14.4. The number of rotatable bonds is 3. The van der Waals surface area contributed by atoms with Gasteiger partial charge in [0.25, 0.3) is 0 Å². The number of carbonyl (C=O) groups is 1. The second-order valence-corrected chi connectivity index (χ2v) is 5.58. The van der Waals surface area contributed by atoms with Gasteiger partial charge in [0.05, 0.1) is 5.69 Å². The van der Waals surface area contributed by atoms with Crippen molar-refractivity contribution in [1.82, 2.24) is 5.32 Å². The molecule has 3 nitrogen and oxygen atoms in total. The van der Waals surface area contributed by atoms with Gasteiger partial charge >= 0.3 is 0 Å². The number of amides is 1. The van der Waals surface area contributed by atoms with E-state index < -0.39 is 0 Å². The maximum Gasteiger partial charge on any atom is 0.230 e. The number of benzene rings is 1. The Morgan fingerprint density at radius 3 is 2.85 bits per heavy atom. The van der Waals surface area contributed by atoms with Gasteiger partial charge in [-0.2, -0.15) is 0 Å². The molecule has 0 radical (unpaired) electrons. The molecule has 1 amide bonds. The molecule has 0 unspecified atom stereocenters. The summed E-state index contributed by atoms with van der Waals surface area (Å²) in [6.45, 7) is 3.51. The van der Waals surface area contributed by atoms with Crippen molar-refractivity contribution in [3.63, 3.8) is 0 Å². The monoisotopic (exact) mass is 298 g/mol. The number of carbonyl (C=O) groups excluding carboxylic acids is 1. The third-order valence-electron chi connectivity index (χ3n) is 4.47. The van der Waals surface area contributed by atoms with Crippen molar-refractivity contribution in [2.45, 2.75) is 39.2 Å². The fourth-order valence-electron chi connectivity index (χ4n) is 2.78. The van der Waals surface area contributed by atoms with Crippen LogP contribution >= 0.6 is 12.4 Å². The number of fused-ring (bicyclic) bond motifs is 1. The topological polar surface area (TPSA) is 41.1 Å². The summed E-state index contributed by atoms with van der Waals surface area (Å²) in [7, 11) is 0. The fraction of sp³-hybridized carbons (Fsp3) is 0.533. The molecule has 110 valence electrons. The van der Waals surface area contributed by atoms with Gasteiger partial charge < -0.3 is 10.6 Å². The number of anilines is 1. The van der Waals surface area contributed by atoms with Gasteiger partial charge in [0.2, 0.25) is 5.91 Å².